The molecular weight excluding hydrogens is 357 g/mol. The average Bonchev–Trinajstić information content (AvgIpc) is 2.38. The first-order valence-electron chi connectivity index (χ1n) is 5.60. The monoisotopic (exact) mass is 364 g/mol. The van der Waals surface area contributed by atoms with Crippen LogP contribution in [0.5, 0.6) is 5.75 Å². The van der Waals surface area contributed by atoms with Gasteiger partial charge in [-0.05, 0) is 29.3 Å². The molecule has 0 radical (unpaired) electrons. The van der Waals surface area contributed by atoms with Crippen molar-refractivity contribution < 1.29 is 17.9 Å². The maximum atomic E-state index is 12.4. The van der Waals surface area contributed by atoms with E-state index in [-0.39, 0.29) is 5.75 Å². The summed E-state index contributed by atoms with van der Waals surface area (Å²) in [5.41, 5.74) is 1.78. The highest BCUT2D eigenvalue weighted by Gasteiger charge is 2.32. The lowest BCUT2D eigenvalue weighted by Gasteiger charge is -2.14. The van der Waals surface area contributed by atoms with Crippen molar-refractivity contribution in [2.45, 2.75) is 11.7 Å². The van der Waals surface area contributed by atoms with E-state index in [1.165, 1.54) is 12.1 Å². The number of halogens is 5. The molecule has 0 aliphatic carbocycles. The zero-order chi connectivity index (χ0) is 14.8. The second-order valence-electron chi connectivity index (χ2n) is 3.98. The van der Waals surface area contributed by atoms with Crippen molar-refractivity contribution in [3.05, 3.63) is 53.1 Å². The summed E-state index contributed by atoms with van der Waals surface area (Å²) in [6.45, 7) is 0. The molecule has 0 heterocycles. The van der Waals surface area contributed by atoms with Gasteiger partial charge in [0, 0.05) is 15.9 Å². The van der Waals surface area contributed by atoms with Gasteiger partial charge in [0.15, 0.2) is 0 Å². The number of para-hydroxylation sites is 1. The van der Waals surface area contributed by atoms with Crippen molar-refractivity contribution >= 4 is 27.5 Å². The molecule has 106 valence electrons. The fourth-order valence-corrected chi connectivity index (χ4v) is 2.57. The summed E-state index contributed by atoms with van der Waals surface area (Å²) in [6, 6.07) is 11.0. The molecule has 0 aliphatic heterocycles. The summed E-state index contributed by atoms with van der Waals surface area (Å²) < 4.78 is 41.2. The lowest BCUT2D eigenvalue weighted by Crippen LogP contribution is -2.17. The molecule has 1 nitrogen and oxygen atoms in total. The minimum absolute atomic E-state index is 0.233. The Bertz CT molecular complexity index is 614. The van der Waals surface area contributed by atoms with Crippen molar-refractivity contribution in [2.75, 3.05) is 0 Å². The van der Waals surface area contributed by atoms with E-state index in [4.69, 9.17) is 11.6 Å². The van der Waals surface area contributed by atoms with Crippen LogP contribution < -0.4 is 4.74 Å². The standard InChI is InChI=1S/C14H9BrClF3O/c15-8-10-7-9(5-6-12(10)16)11-3-1-2-4-13(11)20-14(17,18)19/h1-7H,8H2. The van der Waals surface area contributed by atoms with Crippen LogP contribution in [0.2, 0.25) is 5.02 Å². The summed E-state index contributed by atoms with van der Waals surface area (Å²) >= 11 is 9.28. The van der Waals surface area contributed by atoms with Crippen LogP contribution in [0.4, 0.5) is 13.2 Å². The predicted octanol–water partition coefficient (Wildman–Crippen LogP) is 5.80. The molecule has 0 aliphatic rings. The second kappa shape index (κ2) is 6.06. The number of alkyl halides is 4. The number of ether oxygens (including phenoxy) is 1. The minimum Gasteiger partial charge on any atom is -0.405 e. The van der Waals surface area contributed by atoms with Gasteiger partial charge in [0.25, 0.3) is 0 Å². The van der Waals surface area contributed by atoms with Crippen molar-refractivity contribution in [3.63, 3.8) is 0 Å². The third-order valence-electron chi connectivity index (χ3n) is 2.61. The van der Waals surface area contributed by atoms with E-state index in [0.29, 0.717) is 21.5 Å². The second-order valence-corrected chi connectivity index (χ2v) is 4.95. The molecule has 2 aromatic rings. The highest BCUT2D eigenvalue weighted by atomic mass is 79.9. The van der Waals surface area contributed by atoms with E-state index in [1.54, 1.807) is 30.3 Å². The number of hydrogen-bond donors (Lipinski definition) is 0. The summed E-state index contributed by atoms with van der Waals surface area (Å²) in [5, 5.41) is 1.07. The molecule has 0 amide bonds. The van der Waals surface area contributed by atoms with Crippen LogP contribution in [-0.2, 0) is 5.33 Å². The summed E-state index contributed by atoms with van der Waals surface area (Å²) in [4.78, 5) is 0. The summed E-state index contributed by atoms with van der Waals surface area (Å²) in [7, 11) is 0. The van der Waals surface area contributed by atoms with E-state index < -0.39 is 6.36 Å². The van der Waals surface area contributed by atoms with Crippen LogP contribution >= 0.6 is 27.5 Å². The van der Waals surface area contributed by atoms with Crippen LogP contribution in [0.3, 0.4) is 0 Å². The van der Waals surface area contributed by atoms with Crippen molar-refractivity contribution in [1.29, 1.82) is 0 Å². The number of hydrogen-bond acceptors (Lipinski definition) is 1. The average molecular weight is 366 g/mol. The molecule has 0 atom stereocenters. The van der Waals surface area contributed by atoms with Gasteiger partial charge in [-0.2, -0.15) is 0 Å². The molecule has 0 aromatic heterocycles. The molecule has 0 saturated carbocycles. The largest absolute Gasteiger partial charge is 0.573 e. The van der Waals surface area contributed by atoms with E-state index in [9.17, 15) is 13.2 Å². The Labute approximate surface area is 127 Å². The van der Waals surface area contributed by atoms with Gasteiger partial charge >= 0.3 is 6.36 Å². The highest BCUT2D eigenvalue weighted by molar-refractivity contribution is 9.08. The molecule has 0 spiro atoms. The Morgan fingerprint density at radius 2 is 1.80 bits per heavy atom. The fraction of sp³-hybridized carbons (Fsp3) is 0.143. The van der Waals surface area contributed by atoms with Crippen molar-refractivity contribution in [1.82, 2.24) is 0 Å². The molecule has 0 unspecified atom stereocenters. The molecule has 0 fully saturated rings. The van der Waals surface area contributed by atoms with Crippen LogP contribution in [0.15, 0.2) is 42.5 Å². The van der Waals surface area contributed by atoms with Gasteiger partial charge in [0.2, 0.25) is 0 Å². The molecule has 20 heavy (non-hydrogen) atoms. The normalized spacial score (nSPS) is 11.4. The van der Waals surface area contributed by atoms with E-state index in [0.717, 1.165) is 5.56 Å². The molecular formula is C14H9BrClF3O. The zero-order valence-electron chi connectivity index (χ0n) is 10.0. The zero-order valence-corrected chi connectivity index (χ0v) is 12.4. The first-order valence-corrected chi connectivity index (χ1v) is 7.10. The maximum Gasteiger partial charge on any atom is 0.573 e. The van der Waals surface area contributed by atoms with Crippen LogP contribution in [0, 0.1) is 0 Å². The topological polar surface area (TPSA) is 9.23 Å². The fourth-order valence-electron chi connectivity index (χ4n) is 1.76. The molecule has 0 N–H and O–H groups in total. The van der Waals surface area contributed by atoms with Gasteiger partial charge < -0.3 is 4.74 Å². The minimum atomic E-state index is -4.72. The Balaban J connectivity index is 2.47. The van der Waals surface area contributed by atoms with Crippen LogP contribution in [0.1, 0.15) is 5.56 Å². The SMILES string of the molecule is FC(F)(F)Oc1ccccc1-c1ccc(Cl)c(CBr)c1. The summed E-state index contributed by atoms with van der Waals surface area (Å²) in [6.07, 6.45) is -4.72. The molecule has 0 saturated heterocycles. The number of rotatable bonds is 3. The van der Waals surface area contributed by atoms with Gasteiger partial charge in [-0.25, -0.2) is 0 Å². The van der Waals surface area contributed by atoms with Crippen molar-refractivity contribution in [3.8, 4) is 16.9 Å². The van der Waals surface area contributed by atoms with Gasteiger partial charge in [-0.3, -0.25) is 0 Å². The van der Waals surface area contributed by atoms with E-state index in [1.807, 2.05) is 0 Å². The first kappa shape index (κ1) is 15.2. The van der Waals surface area contributed by atoms with E-state index in [2.05, 4.69) is 20.7 Å². The molecule has 0 bridgehead atoms. The smallest absolute Gasteiger partial charge is 0.405 e. The van der Waals surface area contributed by atoms with Gasteiger partial charge in [0.1, 0.15) is 5.75 Å². The lowest BCUT2D eigenvalue weighted by atomic mass is 10.0. The predicted molar refractivity (Wildman–Crippen MR) is 76.2 cm³/mol. The van der Waals surface area contributed by atoms with Gasteiger partial charge in [-0.1, -0.05) is 51.8 Å². The Kier molecular flexibility index (Phi) is 4.60. The maximum absolute atomic E-state index is 12.4. The van der Waals surface area contributed by atoms with Gasteiger partial charge in [-0.15, -0.1) is 13.2 Å². The molecule has 2 aromatic carbocycles. The molecule has 2 rings (SSSR count). The first-order chi connectivity index (χ1) is 9.40. The Hall–Kier alpha value is -1.20. The van der Waals surface area contributed by atoms with Crippen molar-refractivity contribution in [2.24, 2.45) is 0 Å². The third-order valence-corrected chi connectivity index (χ3v) is 3.59. The van der Waals surface area contributed by atoms with Crippen LogP contribution in [0.25, 0.3) is 11.1 Å². The van der Waals surface area contributed by atoms with Gasteiger partial charge in [0.05, 0.1) is 0 Å². The molecule has 6 heteroatoms. The quantitative estimate of drug-likeness (QED) is 0.625. The Morgan fingerprint density at radius 3 is 2.45 bits per heavy atom. The summed E-state index contributed by atoms with van der Waals surface area (Å²) in [5.74, 6) is -0.233. The lowest BCUT2D eigenvalue weighted by molar-refractivity contribution is -0.274. The number of benzene rings is 2. The van der Waals surface area contributed by atoms with E-state index >= 15 is 0 Å². The Morgan fingerprint density at radius 1 is 1.10 bits per heavy atom. The highest BCUT2D eigenvalue weighted by Crippen LogP contribution is 2.35. The third kappa shape index (κ3) is 3.67. The van der Waals surface area contributed by atoms with Crippen LogP contribution in [-0.4, -0.2) is 6.36 Å².